The van der Waals surface area contributed by atoms with Crippen LogP contribution in [0.5, 0.6) is 5.75 Å². The average Bonchev–Trinajstić information content (AvgIpc) is 2.98. The fraction of sp³-hybridized carbons (Fsp3) is 0.368. The van der Waals surface area contributed by atoms with Crippen molar-refractivity contribution in [1.29, 1.82) is 0 Å². The maximum Gasteiger partial charge on any atom is 0.341 e. The molecule has 1 aromatic heterocycles. The fourth-order valence-electron chi connectivity index (χ4n) is 2.98. The Balaban J connectivity index is 1.78. The number of halogens is 1. The minimum Gasteiger partial charge on any atom is -0.481 e. The summed E-state index contributed by atoms with van der Waals surface area (Å²) >= 11 is 4.84. The maximum absolute atomic E-state index is 12.6. The van der Waals surface area contributed by atoms with Crippen LogP contribution in [0.25, 0.3) is 0 Å². The van der Waals surface area contributed by atoms with E-state index in [-0.39, 0.29) is 5.91 Å². The number of hydrogen-bond donors (Lipinski definition) is 1. The molecule has 26 heavy (non-hydrogen) atoms. The maximum atomic E-state index is 12.6. The predicted octanol–water partition coefficient (Wildman–Crippen LogP) is 4.58. The summed E-state index contributed by atoms with van der Waals surface area (Å²) in [6.45, 7) is 1.68. The number of ether oxygens (including phenoxy) is 2. The first-order chi connectivity index (χ1) is 12.5. The third-order valence-corrected chi connectivity index (χ3v) is 5.98. The Morgan fingerprint density at radius 3 is 2.77 bits per heavy atom. The molecule has 0 saturated carbocycles. The second-order valence-electron chi connectivity index (χ2n) is 6.11. The highest BCUT2D eigenvalue weighted by Gasteiger charge is 2.28. The number of aryl methyl sites for hydroxylation is 1. The number of benzene rings is 1. The molecular formula is C19H20BrNO4S. The highest BCUT2D eigenvalue weighted by molar-refractivity contribution is 9.10. The van der Waals surface area contributed by atoms with Gasteiger partial charge in [-0.3, -0.25) is 4.79 Å². The smallest absolute Gasteiger partial charge is 0.341 e. The van der Waals surface area contributed by atoms with Crippen LogP contribution < -0.4 is 10.1 Å². The lowest BCUT2D eigenvalue weighted by Gasteiger charge is -2.15. The Kier molecular flexibility index (Phi) is 5.98. The van der Waals surface area contributed by atoms with Gasteiger partial charge in [0.25, 0.3) is 5.91 Å². The number of fused-ring (bicyclic) bond motifs is 1. The SMILES string of the molecule is COC(=O)c1c(NC(=O)[C@H](C)Oc2cccc(Br)c2)sc2c1CCCC2. The molecule has 7 heteroatoms. The van der Waals surface area contributed by atoms with Gasteiger partial charge in [-0.1, -0.05) is 22.0 Å². The van der Waals surface area contributed by atoms with E-state index in [1.54, 1.807) is 19.1 Å². The Bertz CT molecular complexity index is 833. The van der Waals surface area contributed by atoms with E-state index >= 15 is 0 Å². The van der Waals surface area contributed by atoms with E-state index in [1.165, 1.54) is 18.4 Å². The van der Waals surface area contributed by atoms with Crippen molar-refractivity contribution in [1.82, 2.24) is 0 Å². The number of methoxy groups -OCH3 is 1. The van der Waals surface area contributed by atoms with E-state index in [4.69, 9.17) is 9.47 Å². The van der Waals surface area contributed by atoms with Crippen LogP contribution in [0.3, 0.4) is 0 Å². The molecule has 0 unspecified atom stereocenters. The number of thiophene rings is 1. The van der Waals surface area contributed by atoms with Crippen molar-refractivity contribution >= 4 is 44.1 Å². The van der Waals surface area contributed by atoms with Crippen LogP contribution >= 0.6 is 27.3 Å². The quantitative estimate of drug-likeness (QED) is 0.694. The molecule has 2 aromatic rings. The molecule has 5 nitrogen and oxygen atoms in total. The zero-order valence-electron chi connectivity index (χ0n) is 14.6. The van der Waals surface area contributed by atoms with E-state index in [0.29, 0.717) is 16.3 Å². The lowest BCUT2D eigenvalue weighted by atomic mass is 9.95. The van der Waals surface area contributed by atoms with E-state index in [0.717, 1.165) is 40.6 Å². The number of anilines is 1. The molecule has 0 aliphatic heterocycles. The molecule has 0 bridgehead atoms. The highest BCUT2D eigenvalue weighted by Crippen LogP contribution is 2.38. The van der Waals surface area contributed by atoms with Crippen molar-refractivity contribution in [3.05, 3.63) is 44.7 Å². The first-order valence-electron chi connectivity index (χ1n) is 8.45. The highest BCUT2D eigenvalue weighted by atomic mass is 79.9. The molecule has 0 radical (unpaired) electrons. The summed E-state index contributed by atoms with van der Waals surface area (Å²) in [5.41, 5.74) is 1.51. The zero-order valence-corrected chi connectivity index (χ0v) is 17.0. The van der Waals surface area contributed by atoms with Gasteiger partial charge in [0, 0.05) is 9.35 Å². The van der Waals surface area contributed by atoms with Crippen molar-refractivity contribution in [3.8, 4) is 5.75 Å². The Morgan fingerprint density at radius 2 is 2.04 bits per heavy atom. The molecule has 1 aliphatic carbocycles. The van der Waals surface area contributed by atoms with Gasteiger partial charge in [0.1, 0.15) is 10.8 Å². The first kappa shape index (κ1) is 18.9. The Hall–Kier alpha value is -1.86. The number of esters is 1. The Labute approximate surface area is 164 Å². The summed E-state index contributed by atoms with van der Waals surface area (Å²) in [7, 11) is 1.36. The monoisotopic (exact) mass is 437 g/mol. The van der Waals surface area contributed by atoms with Crippen LogP contribution in [-0.4, -0.2) is 25.1 Å². The summed E-state index contributed by atoms with van der Waals surface area (Å²) in [6.07, 6.45) is 3.22. The van der Waals surface area contributed by atoms with E-state index in [2.05, 4.69) is 21.2 Å². The van der Waals surface area contributed by atoms with Gasteiger partial charge in [-0.05, 0) is 56.4 Å². The normalized spacial score (nSPS) is 14.3. The van der Waals surface area contributed by atoms with Gasteiger partial charge >= 0.3 is 5.97 Å². The van der Waals surface area contributed by atoms with Crippen LogP contribution in [0.2, 0.25) is 0 Å². The van der Waals surface area contributed by atoms with E-state index in [1.807, 2.05) is 12.1 Å². The minimum atomic E-state index is -0.700. The second kappa shape index (κ2) is 8.22. The van der Waals surface area contributed by atoms with Gasteiger partial charge < -0.3 is 14.8 Å². The summed E-state index contributed by atoms with van der Waals surface area (Å²) in [5, 5.41) is 3.41. The first-order valence-corrected chi connectivity index (χ1v) is 10.1. The predicted molar refractivity (Wildman–Crippen MR) is 105 cm³/mol. The summed E-state index contributed by atoms with van der Waals surface area (Å²) in [6, 6.07) is 7.31. The van der Waals surface area contributed by atoms with Gasteiger partial charge in [-0.15, -0.1) is 11.3 Å². The van der Waals surface area contributed by atoms with E-state index in [9.17, 15) is 9.59 Å². The molecule has 1 N–H and O–H groups in total. The number of carbonyl (C=O) groups is 2. The standard InChI is InChI=1S/C19H20BrNO4S/c1-11(25-13-7-5-6-12(20)10-13)17(22)21-18-16(19(23)24-2)14-8-3-4-9-15(14)26-18/h5-7,10-11H,3-4,8-9H2,1-2H3,(H,21,22)/t11-/m0/s1. The third kappa shape index (κ3) is 4.10. The number of carbonyl (C=O) groups excluding carboxylic acids is 2. The second-order valence-corrected chi connectivity index (χ2v) is 8.13. The molecule has 1 heterocycles. The molecule has 0 spiro atoms. The topological polar surface area (TPSA) is 64.6 Å². The molecule has 1 atom stereocenters. The molecule has 0 fully saturated rings. The number of nitrogens with one attached hydrogen (secondary N) is 1. The van der Waals surface area contributed by atoms with Crippen LogP contribution in [0.15, 0.2) is 28.7 Å². The lowest BCUT2D eigenvalue weighted by molar-refractivity contribution is -0.122. The molecule has 1 aromatic carbocycles. The Morgan fingerprint density at radius 1 is 1.27 bits per heavy atom. The van der Waals surface area contributed by atoms with Crippen molar-refractivity contribution in [2.24, 2.45) is 0 Å². The van der Waals surface area contributed by atoms with Crippen LogP contribution in [-0.2, 0) is 22.4 Å². The van der Waals surface area contributed by atoms with E-state index < -0.39 is 12.1 Å². The van der Waals surface area contributed by atoms with Crippen LogP contribution in [0, 0.1) is 0 Å². The molecule has 0 saturated heterocycles. The number of hydrogen-bond acceptors (Lipinski definition) is 5. The zero-order chi connectivity index (χ0) is 18.7. The molecule has 1 aliphatic rings. The van der Waals surface area contributed by atoms with Crippen molar-refractivity contribution in [2.75, 3.05) is 12.4 Å². The van der Waals surface area contributed by atoms with Crippen LogP contribution in [0.4, 0.5) is 5.00 Å². The molecule has 1 amide bonds. The fourth-order valence-corrected chi connectivity index (χ4v) is 4.64. The molecule has 138 valence electrons. The third-order valence-electron chi connectivity index (χ3n) is 4.28. The van der Waals surface area contributed by atoms with Gasteiger partial charge in [0.05, 0.1) is 12.7 Å². The average molecular weight is 438 g/mol. The van der Waals surface area contributed by atoms with Crippen molar-refractivity contribution < 1.29 is 19.1 Å². The molecule has 3 rings (SSSR count). The minimum absolute atomic E-state index is 0.297. The van der Waals surface area contributed by atoms with Gasteiger partial charge in [0.15, 0.2) is 6.10 Å². The van der Waals surface area contributed by atoms with Crippen molar-refractivity contribution in [2.45, 2.75) is 38.7 Å². The van der Waals surface area contributed by atoms with Gasteiger partial charge in [0.2, 0.25) is 0 Å². The number of amides is 1. The largest absolute Gasteiger partial charge is 0.481 e. The van der Waals surface area contributed by atoms with Crippen LogP contribution in [0.1, 0.15) is 40.6 Å². The molecular weight excluding hydrogens is 418 g/mol. The summed E-state index contributed by atoms with van der Waals surface area (Å²) < 4.78 is 11.5. The summed E-state index contributed by atoms with van der Waals surface area (Å²) in [4.78, 5) is 26.0. The summed E-state index contributed by atoms with van der Waals surface area (Å²) in [5.74, 6) is -0.102. The van der Waals surface area contributed by atoms with Crippen molar-refractivity contribution in [3.63, 3.8) is 0 Å². The van der Waals surface area contributed by atoms with Gasteiger partial charge in [-0.25, -0.2) is 4.79 Å². The number of rotatable bonds is 5. The van der Waals surface area contributed by atoms with Gasteiger partial charge in [-0.2, -0.15) is 0 Å². The lowest BCUT2D eigenvalue weighted by Crippen LogP contribution is -2.30.